The number of anilines is 2. The molecule has 128 valence electrons. The number of benzene rings is 1. The molecule has 1 aromatic heterocycles. The molecule has 0 spiro atoms. The molecule has 0 aliphatic carbocycles. The van der Waals surface area contributed by atoms with Gasteiger partial charge in [-0.3, -0.25) is 14.6 Å². The molecule has 0 radical (unpaired) electrons. The molecule has 1 fully saturated rings. The fraction of sp³-hybridized carbons (Fsp3) is 0.167. The normalized spacial score (nSPS) is 14.4. The molecule has 3 rings (SSSR count). The maximum absolute atomic E-state index is 12.0. The van der Waals surface area contributed by atoms with Crippen LogP contribution >= 0.6 is 11.6 Å². The first-order chi connectivity index (χ1) is 12.1. The fourth-order valence-electron chi connectivity index (χ4n) is 2.50. The highest BCUT2D eigenvalue weighted by atomic mass is 35.5. The lowest BCUT2D eigenvalue weighted by atomic mass is 10.2. The molecule has 25 heavy (non-hydrogen) atoms. The summed E-state index contributed by atoms with van der Waals surface area (Å²) in [5, 5.41) is 6.02. The number of carbonyl (C=O) groups excluding carboxylic acids is 2. The van der Waals surface area contributed by atoms with Crippen LogP contribution in [0.1, 0.15) is 5.69 Å². The maximum atomic E-state index is 12.0. The van der Waals surface area contributed by atoms with Crippen LogP contribution < -0.4 is 15.5 Å². The monoisotopic (exact) mass is 356 g/mol. The van der Waals surface area contributed by atoms with Gasteiger partial charge in [-0.2, -0.15) is 0 Å². The summed E-state index contributed by atoms with van der Waals surface area (Å²) >= 11 is 6.31. The minimum atomic E-state index is -0.271. The Hall–Kier alpha value is -2.86. The number of nitrogens with one attached hydrogen (secondary N) is 2. The van der Waals surface area contributed by atoms with Gasteiger partial charge in [0.1, 0.15) is 0 Å². The van der Waals surface area contributed by atoms with Crippen LogP contribution in [0.5, 0.6) is 0 Å². The predicted molar refractivity (Wildman–Crippen MR) is 98.6 cm³/mol. The molecular weight excluding hydrogens is 340 g/mol. The van der Waals surface area contributed by atoms with Crippen molar-refractivity contribution in [3.05, 3.63) is 59.4 Å². The van der Waals surface area contributed by atoms with Crippen LogP contribution in [0, 0.1) is 0 Å². The van der Waals surface area contributed by atoms with Gasteiger partial charge in [-0.1, -0.05) is 17.7 Å². The van der Waals surface area contributed by atoms with Crippen molar-refractivity contribution in [2.75, 3.05) is 29.9 Å². The summed E-state index contributed by atoms with van der Waals surface area (Å²) in [6.45, 7) is 1.56. The molecule has 0 unspecified atom stereocenters. The fourth-order valence-corrected chi connectivity index (χ4v) is 2.80. The Morgan fingerprint density at radius 2 is 2.20 bits per heavy atom. The largest absolute Gasteiger partial charge is 0.359 e. The molecule has 1 aliphatic heterocycles. The molecule has 2 heterocycles. The van der Waals surface area contributed by atoms with E-state index in [-0.39, 0.29) is 18.4 Å². The average Bonchev–Trinajstić information content (AvgIpc) is 2.61. The highest BCUT2D eigenvalue weighted by Gasteiger charge is 2.18. The first kappa shape index (κ1) is 17.0. The van der Waals surface area contributed by atoms with E-state index in [4.69, 9.17) is 11.6 Å². The van der Waals surface area contributed by atoms with Crippen LogP contribution in [-0.4, -0.2) is 36.4 Å². The Labute approximate surface area is 150 Å². The Morgan fingerprint density at radius 3 is 2.92 bits per heavy atom. The van der Waals surface area contributed by atoms with Gasteiger partial charge in [0.25, 0.3) is 0 Å². The third-order valence-electron chi connectivity index (χ3n) is 3.69. The van der Waals surface area contributed by atoms with Crippen molar-refractivity contribution in [2.45, 2.75) is 0 Å². The lowest BCUT2D eigenvalue weighted by molar-refractivity contribution is -0.120. The van der Waals surface area contributed by atoms with E-state index in [2.05, 4.69) is 15.6 Å². The van der Waals surface area contributed by atoms with Gasteiger partial charge >= 0.3 is 0 Å². The van der Waals surface area contributed by atoms with E-state index in [1.807, 2.05) is 23.1 Å². The SMILES string of the molecule is O=C(C=Cc1ccccn1)Nc1ccc(N2CCNC(=O)C2)c(Cl)c1. The van der Waals surface area contributed by atoms with Crippen LogP contribution in [0.15, 0.2) is 48.7 Å². The molecular formula is C18H17ClN4O2. The van der Waals surface area contributed by atoms with E-state index in [0.717, 1.165) is 5.69 Å². The maximum Gasteiger partial charge on any atom is 0.248 e. The van der Waals surface area contributed by atoms with E-state index in [0.29, 0.717) is 29.5 Å². The van der Waals surface area contributed by atoms with Crippen molar-refractivity contribution in [1.29, 1.82) is 0 Å². The molecule has 0 bridgehead atoms. The van der Waals surface area contributed by atoms with Crippen molar-refractivity contribution in [3.8, 4) is 0 Å². The number of amides is 2. The van der Waals surface area contributed by atoms with Crippen LogP contribution in [0.4, 0.5) is 11.4 Å². The standard InChI is InChI=1S/C18H17ClN4O2/c19-15-11-14(4-6-16(15)23-10-9-21-18(25)12-23)22-17(24)7-5-13-3-1-2-8-20-13/h1-8,11H,9-10,12H2,(H,21,25)(H,22,24). The Bertz CT molecular complexity index is 808. The summed E-state index contributed by atoms with van der Waals surface area (Å²) < 4.78 is 0. The molecule has 7 heteroatoms. The summed E-state index contributed by atoms with van der Waals surface area (Å²) in [5.41, 5.74) is 2.07. The topological polar surface area (TPSA) is 74.3 Å². The summed E-state index contributed by atoms with van der Waals surface area (Å²) in [7, 11) is 0. The van der Waals surface area contributed by atoms with Gasteiger partial charge in [-0.05, 0) is 36.4 Å². The molecule has 6 nitrogen and oxygen atoms in total. The van der Waals surface area contributed by atoms with E-state index in [1.165, 1.54) is 6.08 Å². The van der Waals surface area contributed by atoms with Crippen molar-refractivity contribution in [3.63, 3.8) is 0 Å². The van der Waals surface area contributed by atoms with Gasteiger partial charge in [0.2, 0.25) is 11.8 Å². The van der Waals surface area contributed by atoms with Crippen LogP contribution in [0.2, 0.25) is 5.02 Å². The van der Waals surface area contributed by atoms with Gasteiger partial charge in [0.05, 0.1) is 22.9 Å². The average molecular weight is 357 g/mol. The first-order valence-electron chi connectivity index (χ1n) is 7.83. The van der Waals surface area contributed by atoms with E-state index >= 15 is 0 Å². The quantitative estimate of drug-likeness (QED) is 0.824. The summed E-state index contributed by atoms with van der Waals surface area (Å²) in [4.78, 5) is 29.5. The minimum Gasteiger partial charge on any atom is -0.359 e. The first-order valence-corrected chi connectivity index (χ1v) is 8.21. The van der Waals surface area contributed by atoms with Gasteiger partial charge < -0.3 is 15.5 Å². The van der Waals surface area contributed by atoms with Crippen LogP contribution in [0.3, 0.4) is 0 Å². The second-order valence-corrected chi connectivity index (χ2v) is 5.92. The number of nitrogens with zero attached hydrogens (tertiary/aromatic N) is 2. The molecule has 2 amide bonds. The van der Waals surface area contributed by atoms with Gasteiger partial charge in [-0.15, -0.1) is 0 Å². The Balaban J connectivity index is 1.65. The van der Waals surface area contributed by atoms with Gasteiger partial charge in [0.15, 0.2) is 0 Å². The molecule has 2 aromatic rings. The number of rotatable bonds is 4. The third kappa shape index (κ3) is 4.58. The molecule has 1 aromatic carbocycles. The molecule has 1 aliphatic rings. The second kappa shape index (κ2) is 7.81. The Kier molecular flexibility index (Phi) is 5.30. The number of aromatic nitrogens is 1. The van der Waals surface area contributed by atoms with Gasteiger partial charge in [-0.25, -0.2) is 0 Å². The van der Waals surface area contributed by atoms with Crippen molar-refractivity contribution in [2.24, 2.45) is 0 Å². The van der Waals surface area contributed by atoms with E-state index < -0.39 is 0 Å². The number of piperazine rings is 1. The van der Waals surface area contributed by atoms with Crippen molar-refractivity contribution < 1.29 is 9.59 Å². The molecule has 0 saturated carbocycles. The zero-order valence-electron chi connectivity index (χ0n) is 13.4. The summed E-state index contributed by atoms with van der Waals surface area (Å²) in [6, 6.07) is 10.7. The number of hydrogen-bond acceptors (Lipinski definition) is 4. The predicted octanol–water partition coefficient (Wildman–Crippen LogP) is 2.32. The number of carbonyl (C=O) groups is 2. The smallest absolute Gasteiger partial charge is 0.248 e. The van der Waals surface area contributed by atoms with Crippen molar-refractivity contribution in [1.82, 2.24) is 10.3 Å². The second-order valence-electron chi connectivity index (χ2n) is 5.51. The van der Waals surface area contributed by atoms with E-state index in [9.17, 15) is 9.59 Å². The van der Waals surface area contributed by atoms with E-state index in [1.54, 1.807) is 30.5 Å². The lowest BCUT2D eigenvalue weighted by Crippen LogP contribution is -2.47. The number of hydrogen-bond donors (Lipinski definition) is 2. The van der Waals surface area contributed by atoms with Crippen LogP contribution in [-0.2, 0) is 9.59 Å². The number of halogens is 1. The molecule has 2 N–H and O–H groups in total. The highest BCUT2D eigenvalue weighted by Crippen LogP contribution is 2.29. The summed E-state index contributed by atoms with van der Waals surface area (Å²) in [5.74, 6) is -0.300. The highest BCUT2D eigenvalue weighted by molar-refractivity contribution is 6.33. The van der Waals surface area contributed by atoms with Crippen LogP contribution in [0.25, 0.3) is 6.08 Å². The van der Waals surface area contributed by atoms with Gasteiger partial charge in [0, 0.05) is 31.0 Å². The Morgan fingerprint density at radius 1 is 1.32 bits per heavy atom. The minimum absolute atomic E-state index is 0.0284. The summed E-state index contributed by atoms with van der Waals surface area (Å²) in [6.07, 6.45) is 4.72. The van der Waals surface area contributed by atoms with Crippen molar-refractivity contribution >= 4 is 40.9 Å². The zero-order chi connectivity index (χ0) is 17.6. The molecule has 0 atom stereocenters. The molecule has 1 saturated heterocycles. The zero-order valence-corrected chi connectivity index (χ0v) is 14.2. The third-order valence-corrected chi connectivity index (χ3v) is 3.99. The lowest BCUT2D eigenvalue weighted by Gasteiger charge is -2.29. The number of pyridine rings is 1.